The number of thiophene rings is 1. The Labute approximate surface area is 111 Å². The molecule has 0 atom stereocenters. The monoisotopic (exact) mass is 258 g/mol. The highest BCUT2D eigenvalue weighted by atomic mass is 32.1. The Bertz CT molecular complexity index is 543. The molecule has 0 unspecified atom stereocenters. The predicted molar refractivity (Wildman–Crippen MR) is 74.2 cm³/mol. The van der Waals surface area contributed by atoms with Crippen LogP contribution in [0.1, 0.15) is 10.4 Å². The lowest BCUT2D eigenvalue weighted by Gasteiger charge is -2.12. The van der Waals surface area contributed by atoms with Crippen LogP contribution in [0.4, 0.5) is 5.69 Å². The molecule has 0 aliphatic heterocycles. The fourth-order valence-electron chi connectivity index (χ4n) is 1.74. The van der Waals surface area contributed by atoms with Gasteiger partial charge in [-0.25, -0.2) is 0 Å². The minimum atomic E-state index is 0.612. The Hall–Kier alpha value is -1.99. The van der Waals surface area contributed by atoms with Crippen LogP contribution < -0.4 is 10.1 Å². The SMILES string of the molecule is COc1cccc(C#N)c1NCCc1cccs1. The highest BCUT2D eigenvalue weighted by Gasteiger charge is 2.07. The number of nitrogens with one attached hydrogen (secondary N) is 1. The van der Waals surface area contributed by atoms with Crippen LogP contribution >= 0.6 is 11.3 Å². The summed E-state index contributed by atoms with van der Waals surface area (Å²) in [5, 5.41) is 14.4. The molecule has 2 rings (SSSR count). The normalized spacial score (nSPS) is 9.78. The third-order valence-corrected chi connectivity index (χ3v) is 3.56. The minimum absolute atomic E-state index is 0.612. The van der Waals surface area contributed by atoms with E-state index in [1.165, 1.54) is 4.88 Å². The molecule has 0 fully saturated rings. The second-order valence-electron chi connectivity index (χ2n) is 3.75. The summed E-state index contributed by atoms with van der Waals surface area (Å²) in [6, 6.07) is 11.8. The van der Waals surface area contributed by atoms with Crippen molar-refractivity contribution in [3.05, 3.63) is 46.2 Å². The second-order valence-corrected chi connectivity index (χ2v) is 4.78. The van der Waals surface area contributed by atoms with Gasteiger partial charge in [0.25, 0.3) is 0 Å². The molecule has 3 nitrogen and oxygen atoms in total. The first-order valence-electron chi connectivity index (χ1n) is 5.68. The van der Waals surface area contributed by atoms with Crippen molar-refractivity contribution >= 4 is 17.0 Å². The van der Waals surface area contributed by atoms with Crippen LogP contribution in [0.5, 0.6) is 5.75 Å². The topological polar surface area (TPSA) is 45.0 Å². The molecule has 2 aromatic rings. The maximum atomic E-state index is 9.08. The average molecular weight is 258 g/mol. The molecular formula is C14H14N2OS. The minimum Gasteiger partial charge on any atom is -0.495 e. The Morgan fingerprint density at radius 2 is 2.22 bits per heavy atom. The van der Waals surface area contributed by atoms with Gasteiger partial charge in [0.1, 0.15) is 11.8 Å². The summed E-state index contributed by atoms with van der Waals surface area (Å²) in [6.07, 6.45) is 0.945. The molecule has 1 heterocycles. The summed E-state index contributed by atoms with van der Waals surface area (Å²) in [4.78, 5) is 1.33. The average Bonchev–Trinajstić information content (AvgIpc) is 2.92. The molecule has 18 heavy (non-hydrogen) atoms. The first-order chi connectivity index (χ1) is 8.85. The molecule has 92 valence electrons. The smallest absolute Gasteiger partial charge is 0.143 e. The van der Waals surface area contributed by atoms with Crippen LogP contribution in [-0.2, 0) is 6.42 Å². The van der Waals surface area contributed by atoms with Crippen molar-refractivity contribution in [1.82, 2.24) is 0 Å². The number of hydrogen-bond acceptors (Lipinski definition) is 4. The van der Waals surface area contributed by atoms with Gasteiger partial charge < -0.3 is 10.1 Å². The molecule has 4 heteroatoms. The highest BCUT2D eigenvalue weighted by molar-refractivity contribution is 7.09. The molecule has 0 spiro atoms. The summed E-state index contributed by atoms with van der Waals surface area (Å²) in [5.74, 6) is 0.709. The number of anilines is 1. The van der Waals surface area contributed by atoms with Crippen molar-refractivity contribution in [1.29, 1.82) is 5.26 Å². The van der Waals surface area contributed by atoms with Crippen molar-refractivity contribution in [3.63, 3.8) is 0 Å². The molecule has 0 amide bonds. The van der Waals surface area contributed by atoms with Crippen LogP contribution in [0.15, 0.2) is 35.7 Å². The molecule has 1 aromatic heterocycles. The fraction of sp³-hybridized carbons (Fsp3) is 0.214. The first-order valence-corrected chi connectivity index (χ1v) is 6.56. The third kappa shape index (κ3) is 2.82. The summed E-state index contributed by atoms with van der Waals surface area (Å²) in [7, 11) is 1.61. The Morgan fingerprint density at radius 3 is 2.89 bits per heavy atom. The van der Waals surface area contributed by atoms with Gasteiger partial charge in [0.2, 0.25) is 0 Å². The summed E-state index contributed by atoms with van der Waals surface area (Å²) in [5.41, 5.74) is 1.39. The van der Waals surface area contributed by atoms with Gasteiger partial charge in [0.05, 0.1) is 18.4 Å². The standard InChI is InChI=1S/C14H14N2OS/c1-17-13-6-2-4-11(10-15)14(13)16-8-7-12-5-3-9-18-12/h2-6,9,16H,7-8H2,1H3. The maximum absolute atomic E-state index is 9.08. The van der Waals surface area contributed by atoms with E-state index in [4.69, 9.17) is 10.00 Å². The van der Waals surface area contributed by atoms with Crippen LogP contribution in [0.3, 0.4) is 0 Å². The zero-order valence-electron chi connectivity index (χ0n) is 10.1. The van der Waals surface area contributed by atoms with Crippen LogP contribution in [0.2, 0.25) is 0 Å². The van der Waals surface area contributed by atoms with Gasteiger partial charge in [0, 0.05) is 11.4 Å². The zero-order valence-corrected chi connectivity index (χ0v) is 11.0. The van der Waals surface area contributed by atoms with Crippen LogP contribution in [0, 0.1) is 11.3 Å². The van der Waals surface area contributed by atoms with E-state index in [1.54, 1.807) is 24.5 Å². The summed E-state index contributed by atoms with van der Waals surface area (Å²) >= 11 is 1.74. The van der Waals surface area contributed by atoms with E-state index in [0.717, 1.165) is 18.7 Å². The van der Waals surface area contributed by atoms with Gasteiger partial charge in [-0.1, -0.05) is 12.1 Å². The van der Waals surface area contributed by atoms with Gasteiger partial charge in [-0.15, -0.1) is 11.3 Å². The number of hydrogen-bond donors (Lipinski definition) is 1. The number of benzene rings is 1. The number of nitriles is 1. The predicted octanol–water partition coefficient (Wildman–Crippen LogP) is 3.28. The van der Waals surface area contributed by atoms with E-state index in [2.05, 4.69) is 22.8 Å². The molecule has 0 radical (unpaired) electrons. The lowest BCUT2D eigenvalue weighted by Crippen LogP contribution is -2.06. The number of nitrogens with zero attached hydrogens (tertiary/aromatic N) is 1. The largest absolute Gasteiger partial charge is 0.495 e. The van der Waals surface area contributed by atoms with Crippen molar-refractivity contribution in [3.8, 4) is 11.8 Å². The lowest BCUT2D eigenvalue weighted by atomic mass is 10.1. The Balaban J connectivity index is 2.06. The van der Waals surface area contributed by atoms with E-state index >= 15 is 0 Å². The van der Waals surface area contributed by atoms with Gasteiger partial charge in [-0.2, -0.15) is 5.26 Å². The van der Waals surface area contributed by atoms with Gasteiger partial charge in [-0.3, -0.25) is 0 Å². The maximum Gasteiger partial charge on any atom is 0.143 e. The molecule has 0 bridgehead atoms. The van der Waals surface area contributed by atoms with Crippen molar-refractivity contribution in [2.24, 2.45) is 0 Å². The van der Waals surface area contributed by atoms with E-state index < -0.39 is 0 Å². The number of para-hydroxylation sites is 1. The highest BCUT2D eigenvalue weighted by Crippen LogP contribution is 2.27. The zero-order chi connectivity index (χ0) is 12.8. The summed E-state index contributed by atoms with van der Waals surface area (Å²) < 4.78 is 5.26. The van der Waals surface area contributed by atoms with Crippen molar-refractivity contribution in [2.75, 3.05) is 19.0 Å². The lowest BCUT2D eigenvalue weighted by molar-refractivity contribution is 0.416. The molecule has 0 aliphatic carbocycles. The molecular weight excluding hydrogens is 244 g/mol. The molecule has 0 saturated heterocycles. The van der Waals surface area contributed by atoms with Gasteiger partial charge >= 0.3 is 0 Å². The van der Waals surface area contributed by atoms with Crippen molar-refractivity contribution < 1.29 is 4.74 Å². The quantitative estimate of drug-likeness (QED) is 0.895. The first kappa shape index (κ1) is 12.5. The van der Waals surface area contributed by atoms with Gasteiger partial charge in [-0.05, 0) is 30.0 Å². The molecule has 1 N–H and O–H groups in total. The Morgan fingerprint density at radius 1 is 1.33 bits per heavy atom. The second kappa shape index (κ2) is 6.08. The van der Waals surface area contributed by atoms with Crippen LogP contribution in [-0.4, -0.2) is 13.7 Å². The number of ether oxygens (including phenoxy) is 1. The number of rotatable bonds is 5. The molecule has 0 aliphatic rings. The third-order valence-electron chi connectivity index (χ3n) is 2.62. The van der Waals surface area contributed by atoms with Crippen LogP contribution in [0.25, 0.3) is 0 Å². The molecule has 0 saturated carbocycles. The van der Waals surface area contributed by atoms with E-state index in [0.29, 0.717) is 11.3 Å². The summed E-state index contributed by atoms with van der Waals surface area (Å²) in [6.45, 7) is 0.787. The van der Waals surface area contributed by atoms with E-state index in [-0.39, 0.29) is 0 Å². The van der Waals surface area contributed by atoms with E-state index in [9.17, 15) is 0 Å². The Kier molecular flexibility index (Phi) is 4.21. The molecule has 1 aromatic carbocycles. The number of methoxy groups -OCH3 is 1. The van der Waals surface area contributed by atoms with Gasteiger partial charge in [0.15, 0.2) is 0 Å². The fourth-order valence-corrected chi connectivity index (χ4v) is 2.45. The van der Waals surface area contributed by atoms with Crippen molar-refractivity contribution in [2.45, 2.75) is 6.42 Å². The van der Waals surface area contributed by atoms with E-state index in [1.807, 2.05) is 18.2 Å².